The Morgan fingerprint density at radius 1 is 1.26 bits per heavy atom. The molecule has 1 fully saturated rings. The van der Waals surface area contributed by atoms with Crippen molar-refractivity contribution in [3.8, 4) is 0 Å². The standard InChI is InChI=1S/C18H19F2N3O3S/c1-11-10-15(22-26-11)21-16(24)12-6-8-23(9-7-12)17(25)13-2-4-14(5-3-13)27-18(19)20/h2-5,10,12,18H,6-9H2,1H3,(H,21,22,24). The van der Waals surface area contributed by atoms with Crippen LogP contribution >= 0.6 is 11.8 Å². The van der Waals surface area contributed by atoms with Gasteiger partial charge < -0.3 is 14.7 Å². The average Bonchev–Trinajstić information content (AvgIpc) is 3.06. The van der Waals surface area contributed by atoms with Gasteiger partial charge in [0.05, 0.1) is 0 Å². The Morgan fingerprint density at radius 2 is 1.93 bits per heavy atom. The predicted octanol–water partition coefficient (Wildman–Crippen LogP) is 3.79. The Morgan fingerprint density at radius 3 is 2.48 bits per heavy atom. The fourth-order valence-corrected chi connectivity index (χ4v) is 3.46. The summed E-state index contributed by atoms with van der Waals surface area (Å²) in [5.74, 6) is -1.98. The van der Waals surface area contributed by atoms with Crippen LogP contribution in [0.3, 0.4) is 0 Å². The largest absolute Gasteiger partial charge is 0.360 e. The minimum atomic E-state index is -2.49. The van der Waals surface area contributed by atoms with Gasteiger partial charge in [-0.1, -0.05) is 16.9 Å². The molecule has 1 aromatic heterocycles. The maximum atomic E-state index is 12.6. The number of halogens is 2. The third kappa shape index (κ3) is 5.06. The van der Waals surface area contributed by atoms with Crippen molar-refractivity contribution in [2.24, 2.45) is 5.92 Å². The van der Waals surface area contributed by atoms with Gasteiger partial charge in [-0.05, 0) is 44.0 Å². The Hall–Kier alpha value is -2.42. The first-order valence-electron chi connectivity index (χ1n) is 8.50. The zero-order valence-corrected chi connectivity index (χ0v) is 15.5. The summed E-state index contributed by atoms with van der Waals surface area (Å²) in [6.07, 6.45) is 1.10. The Kier molecular flexibility index (Phi) is 6.10. The summed E-state index contributed by atoms with van der Waals surface area (Å²) in [5.41, 5.74) is 0.453. The van der Waals surface area contributed by atoms with Gasteiger partial charge in [0.1, 0.15) is 5.76 Å². The number of nitrogens with zero attached hydrogens (tertiary/aromatic N) is 2. The van der Waals surface area contributed by atoms with Crippen molar-refractivity contribution in [2.45, 2.75) is 30.4 Å². The number of rotatable bonds is 5. The maximum absolute atomic E-state index is 12.6. The molecule has 2 aromatic rings. The maximum Gasteiger partial charge on any atom is 0.288 e. The number of carbonyl (C=O) groups excluding carboxylic acids is 2. The minimum Gasteiger partial charge on any atom is -0.360 e. The van der Waals surface area contributed by atoms with Crippen molar-refractivity contribution < 1.29 is 22.9 Å². The number of benzene rings is 1. The highest BCUT2D eigenvalue weighted by atomic mass is 32.2. The number of amides is 2. The van der Waals surface area contributed by atoms with E-state index in [1.165, 1.54) is 12.1 Å². The molecule has 2 heterocycles. The number of hydrogen-bond acceptors (Lipinski definition) is 5. The highest BCUT2D eigenvalue weighted by Crippen LogP contribution is 2.26. The van der Waals surface area contributed by atoms with Gasteiger partial charge >= 0.3 is 0 Å². The number of likely N-dealkylation sites (tertiary alicyclic amines) is 1. The number of carbonyl (C=O) groups is 2. The molecule has 1 aliphatic heterocycles. The van der Waals surface area contributed by atoms with E-state index in [9.17, 15) is 18.4 Å². The van der Waals surface area contributed by atoms with Gasteiger partial charge in [-0.3, -0.25) is 9.59 Å². The van der Waals surface area contributed by atoms with E-state index >= 15 is 0 Å². The van der Waals surface area contributed by atoms with E-state index < -0.39 is 5.76 Å². The van der Waals surface area contributed by atoms with Crippen molar-refractivity contribution in [1.82, 2.24) is 10.1 Å². The van der Waals surface area contributed by atoms with E-state index in [1.54, 1.807) is 30.0 Å². The molecule has 0 unspecified atom stereocenters. The Balaban J connectivity index is 1.52. The number of thioether (sulfide) groups is 1. The van der Waals surface area contributed by atoms with E-state index in [0.717, 1.165) is 0 Å². The van der Waals surface area contributed by atoms with Crippen LogP contribution in [0.5, 0.6) is 0 Å². The van der Waals surface area contributed by atoms with Crippen LogP contribution in [0.4, 0.5) is 14.6 Å². The number of nitrogens with one attached hydrogen (secondary N) is 1. The summed E-state index contributed by atoms with van der Waals surface area (Å²) < 4.78 is 29.6. The van der Waals surface area contributed by atoms with Crippen LogP contribution in [-0.2, 0) is 4.79 Å². The van der Waals surface area contributed by atoms with Crippen molar-refractivity contribution in [2.75, 3.05) is 18.4 Å². The Bertz CT molecular complexity index is 802. The van der Waals surface area contributed by atoms with Gasteiger partial charge in [0.25, 0.3) is 11.7 Å². The van der Waals surface area contributed by atoms with Crippen LogP contribution < -0.4 is 5.32 Å². The second kappa shape index (κ2) is 8.51. The third-order valence-electron chi connectivity index (χ3n) is 4.36. The molecule has 144 valence electrons. The molecule has 0 radical (unpaired) electrons. The molecule has 0 aliphatic carbocycles. The number of anilines is 1. The van der Waals surface area contributed by atoms with Crippen LogP contribution in [0.2, 0.25) is 0 Å². The fourth-order valence-electron chi connectivity index (χ4n) is 2.96. The quantitative estimate of drug-likeness (QED) is 0.780. The van der Waals surface area contributed by atoms with Gasteiger partial charge in [-0.25, -0.2) is 0 Å². The van der Waals surface area contributed by atoms with Crippen LogP contribution in [-0.4, -0.2) is 40.7 Å². The fraction of sp³-hybridized carbons (Fsp3) is 0.389. The first kappa shape index (κ1) is 19.3. The van der Waals surface area contributed by atoms with Crippen molar-refractivity contribution in [1.29, 1.82) is 0 Å². The van der Waals surface area contributed by atoms with Gasteiger partial charge in [0.2, 0.25) is 5.91 Å². The topological polar surface area (TPSA) is 75.4 Å². The normalized spacial score (nSPS) is 15.2. The lowest BCUT2D eigenvalue weighted by molar-refractivity contribution is -0.121. The molecule has 1 aliphatic rings. The van der Waals surface area contributed by atoms with E-state index in [-0.39, 0.29) is 17.7 Å². The summed E-state index contributed by atoms with van der Waals surface area (Å²) in [4.78, 5) is 26.9. The van der Waals surface area contributed by atoms with Crippen LogP contribution in [0, 0.1) is 12.8 Å². The van der Waals surface area contributed by atoms with E-state index in [2.05, 4.69) is 10.5 Å². The van der Waals surface area contributed by atoms with Gasteiger partial charge in [-0.2, -0.15) is 8.78 Å². The van der Waals surface area contributed by atoms with E-state index in [0.29, 0.717) is 59.7 Å². The molecule has 0 saturated carbocycles. The highest BCUT2D eigenvalue weighted by Gasteiger charge is 2.28. The number of hydrogen-bond donors (Lipinski definition) is 1. The highest BCUT2D eigenvalue weighted by molar-refractivity contribution is 7.99. The predicted molar refractivity (Wildman–Crippen MR) is 96.8 cm³/mol. The smallest absolute Gasteiger partial charge is 0.288 e. The number of aryl methyl sites for hydroxylation is 1. The monoisotopic (exact) mass is 395 g/mol. The molecule has 6 nitrogen and oxygen atoms in total. The third-order valence-corrected chi connectivity index (χ3v) is 5.08. The molecular weight excluding hydrogens is 376 g/mol. The molecule has 9 heteroatoms. The molecule has 27 heavy (non-hydrogen) atoms. The zero-order chi connectivity index (χ0) is 19.4. The molecule has 0 atom stereocenters. The molecule has 1 aromatic carbocycles. The first-order valence-corrected chi connectivity index (χ1v) is 9.38. The van der Waals surface area contributed by atoms with Crippen LogP contribution in [0.15, 0.2) is 39.8 Å². The van der Waals surface area contributed by atoms with E-state index in [4.69, 9.17) is 4.52 Å². The number of aromatic nitrogens is 1. The Labute approximate surface area is 159 Å². The lowest BCUT2D eigenvalue weighted by Crippen LogP contribution is -2.41. The van der Waals surface area contributed by atoms with E-state index in [1.807, 2.05) is 0 Å². The summed E-state index contributed by atoms with van der Waals surface area (Å²) in [7, 11) is 0. The summed E-state index contributed by atoms with van der Waals surface area (Å²) >= 11 is 0.446. The van der Waals surface area contributed by atoms with Crippen LogP contribution in [0.1, 0.15) is 29.0 Å². The zero-order valence-electron chi connectivity index (χ0n) is 14.7. The molecule has 0 bridgehead atoms. The molecular formula is C18H19F2N3O3S. The average molecular weight is 395 g/mol. The van der Waals surface area contributed by atoms with Gasteiger partial charge in [0, 0.05) is 35.5 Å². The van der Waals surface area contributed by atoms with Crippen molar-refractivity contribution in [3.05, 3.63) is 41.7 Å². The number of alkyl halides is 2. The van der Waals surface area contributed by atoms with Gasteiger partial charge in [-0.15, -0.1) is 0 Å². The van der Waals surface area contributed by atoms with Crippen molar-refractivity contribution >= 4 is 29.4 Å². The molecule has 0 spiro atoms. The summed E-state index contributed by atoms with van der Waals surface area (Å²) in [6, 6.07) is 7.79. The lowest BCUT2D eigenvalue weighted by Gasteiger charge is -2.31. The second-order valence-electron chi connectivity index (χ2n) is 6.28. The minimum absolute atomic E-state index is 0.135. The van der Waals surface area contributed by atoms with Gasteiger partial charge in [0.15, 0.2) is 5.82 Å². The molecule has 3 rings (SSSR count). The molecule has 1 N–H and O–H groups in total. The summed E-state index contributed by atoms with van der Waals surface area (Å²) in [5, 5.41) is 6.46. The second-order valence-corrected chi connectivity index (χ2v) is 7.34. The first-order chi connectivity index (χ1) is 12.9. The SMILES string of the molecule is Cc1cc(NC(=O)C2CCN(C(=O)c3ccc(SC(F)F)cc3)CC2)no1. The molecule has 1 saturated heterocycles. The number of piperidine rings is 1. The summed E-state index contributed by atoms with van der Waals surface area (Å²) in [6.45, 7) is 2.66. The molecule has 2 amide bonds. The lowest BCUT2D eigenvalue weighted by atomic mass is 9.95. The van der Waals surface area contributed by atoms with Crippen LogP contribution in [0.25, 0.3) is 0 Å². The van der Waals surface area contributed by atoms with Crippen molar-refractivity contribution in [3.63, 3.8) is 0 Å².